The first-order valence-electron chi connectivity index (χ1n) is 6.37. The molecule has 1 aromatic carbocycles. The number of nitrogens with zero attached hydrogens (tertiary/aromatic N) is 1. The van der Waals surface area contributed by atoms with Crippen LogP contribution in [0, 0.1) is 0 Å². The first-order valence-corrected chi connectivity index (χ1v) is 7.17. The van der Waals surface area contributed by atoms with Crippen LogP contribution in [0.5, 0.6) is 11.5 Å². The number of halogens is 1. The Morgan fingerprint density at radius 3 is 2.50 bits per heavy atom. The fourth-order valence-electron chi connectivity index (χ4n) is 1.88. The number of benzene rings is 1. The molecule has 0 radical (unpaired) electrons. The predicted octanol–water partition coefficient (Wildman–Crippen LogP) is 3.78. The number of aromatic hydroxyl groups is 1. The van der Waals surface area contributed by atoms with E-state index >= 15 is 0 Å². The Morgan fingerprint density at radius 1 is 1.33 bits per heavy atom. The fraction of sp³-hybridized carbons (Fsp3) is 0.571. The second kappa shape index (κ2) is 7.00. The molecule has 0 aliphatic carbocycles. The maximum Gasteiger partial charge on any atom is 0.172 e. The zero-order valence-electron chi connectivity index (χ0n) is 11.5. The molecule has 3 nitrogen and oxygen atoms in total. The van der Waals surface area contributed by atoms with E-state index in [1.165, 1.54) is 0 Å². The van der Waals surface area contributed by atoms with E-state index in [1.54, 1.807) is 0 Å². The first-order chi connectivity index (χ1) is 8.49. The van der Waals surface area contributed by atoms with E-state index in [9.17, 15) is 5.11 Å². The van der Waals surface area contributed by atoms with Gasteiger partial charge in [0.2, 0.25) is 0 Å². The average molecular weight is 316 g/mol. The highest BCUT2D eigenvalue weighted by Gasteiger charge is 2.13. The largest absolute Gasteiger partial charge is 0.503 e. The van der Waals surface area contributed by atoms with E-state index in [1.807, 2.05) is 19.1 Å². The van der Waals surface area contributed by atoms with Gasteiger partial charge in [-0.1, -0.05) is 6.92 Å². The summed E-state index contributed by atoms with van der Waals surface area (Å²) in [5.74, 6) is 0.717. The molecule has 0 aromatic heterocycles. The van der Waals surface area contributed by atoms with E-state index in [-0.39, 0.29) is 5.75 Å². The SMILES string of the molecule is CCOc1cc(CN(CC)C(C)C)cc(Br)c1O. The molecule has 0 saturated carbocycles. The third-order valence-corrected chi connectivity index (χ3v) is 3.51. The molecule has 0 unspecified atom stereocenters. The van der Waals surface area contributed by atoms with Crippen molar-refractivity contribution in [1.82, 2.24) is 4.90 Å². The van der Waals surface area contributed by atoms with Gasteiger partial charge in [-0.2, -0.15) is 0 Å². The van der Waals surface area contributed by atoms with Gasteiger partial charge in [0, 0.05) is 12.6 Å². The molecule has 0 heterocycles. The van der Waals surface area contributed by atoms with Gasteiger partial charge < -0.3 is 9.84 Å². The summed E-state index contributed by atoms with van der Waals surface area (Å²) < 4.78 is 6.12. The van der Waals surface area contributed by atoms with Crippen LogP contribution in [0.25, 0.3) is 0 Å². The monoisotopic (exact) mass is 315 g/mol. The minimum Gasteiger partial charge on any atom is -0.503 e. The van der Waals surface area contributed by atoms with Gasteiger partial charge in [0.25, 0.3) is 0 Å². The van der Waals surface area contributed by atoms with Crippen LogP contribution in [0.3, 0.4) is 0 Å². The summed E-state index contributed by atoms with van der Waals surface area (Å²) in [5, 5.41) is 9.87. The molecule has 0 fully saturated rings. The van der Waals surface area contributed by atoms with Crippen LogP contribution in [0.2, 0.25) is 0 Å². The van der Waals surface area contributed by atoms with Crippen LogP contribution in [-0.4, -0.2) is 29.2 Å². The third-order valence-electron chi connectivity index (χ3n) is 2.91. The minimum atomic E-state index is 0.174. The second-order valence-corrected chi connectivity index (χ2v) is 5.37. The number of phenols is 1. The lowest BCUT2D eigenvalue weighted by atomic mass is 10.1. The highest BCUT2D eigenvalue weighted by molar-refractivity contribution is 9.10. The lowest BCUT2D eigenvalue weighted by Crippen LogP contribution is -2.29. The summed E-state index contributed by atoms with van der Waals surface area (Å²) in [6, 6.07) is 4.36. The van der Waals surface area contributed by atoms with Crippen molar-refractivity contribution in [2.75, 3.05) is 13.2 Å². The maximum absolute atomic E-state index is 9.87. The van der Waals surface area contributed by atoms with Gasteiger partial charge in [-0.05, 0) is 60.9 Å². The number of rotatable bonds is 6. The Labute approximate surface area is 118 Å². The van der Waals surface area contributed by atoms with Crippen LogP contribution in [0.1, 0.15) is 33.3 Å². The zero-order chi connectivity index (χ0) is 13.7. The third kappa shape index (κ3) is 3.89. The van der Waals surface area contributed by atoms with E-state index < -0.39 is 0 Å². The molecular weight excluding hydrogens is 294 g/mol. The lowest BCUT2D eigenvalue weighted by Gasteiger charge is -2.25. The summed E-state index contributed by atoms with van der Waals surface area (Å²) >= 11 is 3.37. The van der Waals surface area contributed by atoms with Gasteiger partial charge in [-0.3, -0.25) is 4.90 Å². The van der Waals surface area contributed by atoms with Crippen molar-refractivity contribution in [1.29, 1.82) is 0 Å². The molecule has 18 heavy (non-hydrogen) atoms. The molecule has 0 atom stereocenters. The van der Waals surface area contributed by atoms with Crippen molar-refractivity contribution in [3.8, 4) is 11.5 Å². The molecular formula is C14H22BrNO2. The molecule has 0 spiro atoms. The van der Waals surface area contributed by atoms with E-state index in [0.717, 1.165) is 18.7 Å². The van der Waals surface area contributed by atoms with Crippen molar-refractivity contribution in [2.24, 2.45) is 0 Å². The minimum absolute atomic E-state index is 0.174. The highest BCUT2D eigenvalue weighted by Crippen LogP contribution is 2.35. The van der Waals surface area contributed by atoms with Gasteiger partial charge in [0.1, 0.15) is 0 Å². The molecule has 0 aliphatic heterocycles. The quantitative estimate of drug-likeness (QED) is 0.867. The molecule has 1 aromatic rings. The van der Waals surface area contributed by atoms with E-state index in [0.29, 0.717) is 22.9 Å². The smallest absolute Gasteiger partial charge is 0.172 e. The van der Waals surface area contributed by atoms with Gasteiger partial charge >= 0.3 is 0 Å². The van der Waals surface area contributed by atoms with Crippen LogP contribution in [0.4, 0.5) is 0 Å². The average Bonchev–Trinajstić information content (AvgIpc) is 2.32. The Balaban J connectivity index is 2.95. The Hall–Kier alpha value is -0.740. The molecule has 4 heteroatoms. The summed E-state index contributed by atoms with van der Waals surface area (Å²) in [7, 11) is 0. The Bertz CT molecular complexity index is 394. The van der Waals surface area contributed by atoms with Crippen molar-refractivity contribution in [2.45, 2.75) is 40.3 Å². The van der Waals surface area contributed by atoms with Crippen LogP contribution < -0.4 is 4.74 Å². The van der Waals surface area contributed by atoms with Crippen LogP contribution in [-0.2, 0) is 6.54 Å². The van der Waals surface area contributed by atoms with Crippen LogP contribution in [0.15, 0.2) is 16.6 Å². The van der Waals surface area contributed by atoms with E-state index in [4.69, 9.17) is 4.74 Å². The van der Waals surface area contributed by atoms with Gasteiger partial charge in [0.15, 0.2) is 11.5 Å². The second-order valence-electron chi connectivity index (χ2n) is 4.51. The van der Waals surface area contributed by atoms with Crippen molar-refractivity contribution in [3.63, 3.8) is 0 Å². The zero-order valence-corrected chi connectivity index (χ0v) is 13.1. The van der Waals surface area contributed by atoms with Gasteiger partial charge in [-0.15, -0.1) is 0 Å². The topological polar surface area (TPSA) is 32.7 Å². The van der Waals surface area contributed by atoms with Crippen molar-refractivity contribution in [3.05, 3.63) is 22.2 Å². The Morgan fingerprint density at radius 2 is 2.00 bits per heavy atom. The number of hydrogen-bond donors (Lipinski definition) is 1. The molecule has 0 bridgehead atoms. The number of hydrogen-bond acceptors (Lipinski definition) is 3. The number of phenolic OH excluding ortho intramolecular Hbond substituents is 1. The van der Waals surface area contributed by atoms with Gasteiger partial charge in [0.05, 0.1) is 11.1 Å². The molecule has 0 aliphatic rings. The summed E-state index contributed by atoms with van der Waals surface area (Å²) in [5.41, 5.74) is 1.14. The molecule has 0 amide bonds. The predicted molar refractivity (Wildman–Crippen MR) is 78.2 cm³/mol. The van der Waals surface area contributed by atoms with Crippen molar-refractivity contribution < 1.29 is 9.84 Å². The molecule has 102 valence electrons. The maximum atomic E-state index is 9.87. The number of ether oxygens (including phenoxy) is 1. The molecule has 1 rings (SSSR count). The summed E-state index contributed by atoms with van der Waals surface area (Å²) in [6.45, 7) is 10.8. The lowest BCUT2D eigenvalue weighted by molar-refractivity contribution is 0.224. The molecule has 1 N–H and O–H groups in total. The summed E-state index contributed by atoms with van der Waals surface area (Å²) in [6.07, 6.45) is 0. The fourth-order valence-corrected chi connectivity index (χ4v) is 2.37. The Kier molecular flexibility index (Phi) is 5.96. The van der Waals surface area contributed by atoms with E-state index in [2.05, 4.69) is 41.6 Å². The summed E-state index contributed by atoms with van der Waals surface area (Å²) in [4.78, 5) is 2.36. The first kappa shape index (κ1) is 15.3. The standard InChI is InChI=1S/C14H22BrNO2/c1-5-16(10(3)4)9-11-7-12(15)14(17)13(8-11)18-6-2/h7-8,10,17H,5-6,9H2,1-4H3. The van der Waals surface area contributed by atoms with Gasteiger partial charge in [-0.25, -0.2) is 0 Å². The normalized spacial score (nSPS) is 11.3. The highest BCUT2D eigenvalue weighted by atomic mass is 79.9. The van der Waals surface area contributed by atoms with Crippen molar-refractivity contribution >= 4 is 15.9 Å². The molecule has 0 saturated heterocycles. The van der Waals surface area contributed by atoms with Crippen LogP contribution >= 0.6 is 15.9 Å².